The minimum Gasteiger partial charge on any atom is -0.493 e. The summed E-state index contributed by atoms with van der Waals surface area (Å²) in [6, 6.07) is 13.5. The SMILES string of the molecule is COc1cc(C(=O)N(CCCN(C)C)CC(C)=Cc2ccccc2)cc(OC)c1OC. The number of hydrogen-bond donors (Lipinski definition) is 0. The molecule has 2 aromatic rings. The predicted octanol–water partition coefficient (Wildman–Crippen LogP) is 4.21. The van der Waals surface area contributed by atoms with Crippen molar-refractivity contribution in [2.24, 2.45) is 0 Å². The highest BCUT2D eigenvalue weighted by molar-refractivity contribution is 5.96. The Hall–Kier alpha value is -2.99. The molecule has 0 aliphatic carbocycles. The molecule has 168 valence electrons. The Bertz CT molecular complexity index is 853. The summed E-state index contributed by atoms with van der Waals surface area (Å²) in [5.41, 5.74) is 2.73. The number of hydrogen-bond acceptors (Lipinski definition) is 5. The summed E-state index contributed by atoms with van der Waals surface area (Å²) in [6.07, 6.45) is 2.99. The summed E-state index contributed by atoms with van der Waals surface area (Å²) in [4.78, 5) is 17.5. The van der Waals surface area contributed by atoms with Gasteiger partial charge in [0.05, 0.1) is 21.3 Å². The van der Waals surface area contributed by atoms with E-state index in [0.717, 1.165) is 24.1 Å². The van der Waals surface area contributed by atoms with Gasteiger partial charge in [-0.05, 0) is 51.7 Å². The highest BCUT2D eigenvalue weighted by Gasteiger charge is 2.21. The topological polar surface area (TPSA) is 51.2 Å². The Morgan fingerprint density at radius 2 is 1.55 bits per heavy atom. The molecular weight excluding hydrogens is 392 g/mol. The van der Waals surface area contributed by atoms with Gasteiger partial charge in [0, 0.05) is 18.7 Å². The smallest absolute Gasteiger partial charge is 0.254 e. The van der Waals surface area contributed by atoms with Crippen molar-refractivity contribution in [1.29, 1.82) is 0 Å². The third-order valence-electron chi connectivity index (χ3n) is 4.89. The molecule has 31 heavy (non-hydrogen) atoms. The van der Waals surface area contributed by atoms with Crippen LogP contribution in [0.15, 0.2) is 48.0 Å². The van der Waals surface area contributed by atoms with E-state index in [1.54, 1.807) is 33.5 Å². The minimum absolute atomic E-state index is 0.0705. The van der Waals surface area contributed by atoms with Gasteiger partial charge in [-0.15, -0.1) is 0 Å². The molecule has 0 saturated heterocycles. The molecule has 0 spiro atoms. The summed E-state index contributed by atoms with van der Waals surface area (Å²) < 4.78 is 16.2. The Balaban J connectivity index is 2.32. The molecule has 0 aliphatic heterocycles. The zero-order chi connectivity index (χ0) is 22.8. The fourth-order valence-electron chi connectivity index (χ4n) is 3.40. The lowest BCUT2D eigenvalue weighted by molar-refractivity contribution is 0.0764. The van der Waals surface area contributed by atoms with Crippen molar-refractivity contribution in [3.05, 3.63) is 59.2 Å². The number of rotatable bonds is 11. The van der Waals surface area contributed by atoms with E-state index in [2.05, 4.69) is 30.0 Å². The lowest BCUT2D eigenvalue weighted by Crippen LogP contribution is -2.34. The van der Waals surface area contributed by atoms with E-state index in [0.29, 0.717) is 35.9 Å². The average Bonchev–Trinajstić information content (AvgIpc) is 2.77. The molecule has 6 heteroatoms. The number of ether oxygens (including phenoxy) is 3. The highest BCUT2D eigenvalue weighted by Crippen LogP contribution is 2.38. The monoisotopic (exact) mass is 426 g/mol. The van der Waals surface area contributed by atoms with Gasteiger partial charge < -0.3 is 24.0 Å². The molecule has 0 aliphatic rings. The van der Waals surface area contributed by atoms with Gasteiger partial charge in [-0.3, -0.25) is 4.79 Å². The van der Waals surface area contributed by atoms with Gasteiger partial charge in [0.2, 0.25) is 5.75 Å². The fraction of sp³-hybridized carbons (Fsp3) is 0.400. The second-order valence-corrected chi connectivity index (χ2v) is 7.70. The average molecular weight is 427 g/mol. The fourth-order valence-corrected chi connectivity index (χ4v) is 3.40. The van der Waals surface area contributed by atoms with Crippen molar-refractivity contribution in [2.45, 2.75) is 13.3 Å². The maximum atomic E-state index is 13.5. The molecule has 0 heterocycles. The van der Waals surface area contributed by atoms with Crippen LogP contribution < -0.4 is 14.2 Å². The summed E-state index contributed by atoms with van der Waals surface area (Å²) >= 11 is 0. The molecule has 0 unspecified atom stereocenters. The molecular formula is C25H34N2O4. The second-order valence-electron chi connectivity index (χ2n) is 7.70. The number of amides is 1. The lowest BCUT2D eigenvalue weighted by atomic mass is 10.1. The predicted molar refractivity (Wildman–Crippen MR) is 125 cm³/mol. The van der Waals surface area contributed by atoms with Crippen LogP contribution in [-0.2, 0) is 0 Å². The van der Waals surface area contributed by atoms with Gasteiger partial charge in [0.1, 0.15) is 0 Å². The molecule has 6 nitrogen and oxygen atoms in total. The second kappa shape index (κ2) is 12.0. The molecule has 0 saturated carbocycles. The first-order valence-electron chi connectivity index (χ1n) is 10.4. The zero-order valence-electron chi connectivity index (χ0n) is 19.5. The molecule has 0 radical (unpaired) electrons. The van der Waals surface area contributed by atoms with Gasteiger partial charge >= 0.3 is 0 Å². The number of methoxy groups -OCH3 is 3. The van der Waals surface area contributed by atoms with Crippen LogP contribution in [0, 0.1) is 0 Å². The summed E-state index contributed by atoms with van der Waals surface area (Å²) in [5, 5.41) is 0. The molecule has 2 aromatic carbocycles. The van der Waals surface area contributed by atoms with Crippen LogP contribution in [0.2, 0.25) is 0 Å². The van der Waals surface area contributed by atoms with Crippen molar-refractivity contribution >= 4 is 12.0 Å². The maximum absolute atomic E-state index is 13.5. The van der Waals surface area contributed by atoms with Crippen LogP contribution in [0.3, 0.4) is 0 Å². The Morgan fingerprint density at radius 1 is 0.935 bits per heavy atom. The van der Waals surface area contributed by atoms with E-state index in [4.69, 9.17) is 14.2 Å². The number of nitrogens with zero attached hydrogens (tertiary/aromatic N) is 2. The van der Waals surface area contributed by atoms with Crippen molar-refractivity contribution in [3.8, 4) is 17.2 Å². The number of carbonyl (C=O) groups excluding carboxylic acids is 1. The van der Waals surface area contributed by atoms with Gasteiger partial charge in [0.15, 0.2) is 11.5 Å². The first-order chi connectivity index (χ1) is 14.9. The van der Waals surface area contributed by atoms with Crippen LogP contribution in [0.4, 0.5) is 0 Å². The summed E-state index contributed by atoms with van der Waals surface area (Å²) in [6.45, 7) is 4.14. The molecule has 0 fully saturated rings. The largest absolute Gasteiger partial charge is 0.493 e. The first-order valence-corrected chi connectivity index (χ1v) is 10.4. The van der Waals surface area contributed by atoms with Crippen LogP contribution >= 0.6 is 0 Å². The van der Waals surface area contributed by atoms with E-state index in [1.165, 1.54) is 0 Å². The molecule has 2 rings (SSSR count). The number of benzene rings is 2. The summed E-state index contributed by atoms with van der Waals surface area (Å²) in [5.74, 6) is 1.34. The van der Waals surface area contributed by atoms with Crippen LogP contribution in [0.5, 0.6) is 17.2 Å². The van der Waals surface area contributed by atoms with Crippen molar-refractivity contribution < 1.29 is 19.0 Å². The molecule has 0 atom stereocenters. The molecule has 0 aromatic heterocycles. The Morgan fingerprint density at radius 3 is 2.06 bits per heavy atom. The zero-order valence-corrected chi connectivity index (χ0v) is 19.5. The molecule has 1 amide bonds. The maximum Gasteiger partial charge on any atom is 0.254 e. The van der Waals surface area contributed by atoms with Crippen LogP contribution in [0.25, 0.3) is 6.08 Å². The lowest BCUT2D eigenvalue weighted by Gasteiger charge is -2.25. The van der Waals surface area contributed by atoms with Gasteiger partial charge in [-0.1, -0.05) is 42.0 Å². The quantitative estimate of drug-likeness (QED) is 0.539. The van der Waals surface area contributed by atoms with E-state index >= 15 is 0 Å². The van der Waals surface area contributed by atoms with E-state index in [-0.39, 0.29) is 5.91 Å². The third-order valence-corrected chi connectivity index (χ3v) is 4.89. The first kappa shape index (κ1) is 24.3. The van der Waals surface area contributed by atoms with Gasteiger partial charge in [0.25, 0.3) is 5.91 Å². The minimum atomic E-state index is -0.0705. The number of carbonyl (C=O) groups is 1. The highest BCUT2D eigenvalue weighted by atomic mass is 16.5. The molecule has 0 N–H and O–H groups in total. The third kappa shape index (κ3) is 7.03. The van der Waals surface area contributed by atoms with Crippen molar-refractivity contribution in [2.75, 3.05) is 55.1 Å². The van der Waals surface area contributed by atoms with Crippen molar-refractivity contribution in [3.63, 3.8) is 0 Å². The summed E-state index contributed by atoms with van der Waals surface area (Å²) in [7, 11) is 8.71. The van der Waals surface area contributed by atoms with E-state index in [9.17, 15) is 4.79 Å². The normalized spacial score (nSPS) is 11.4. The van der Waals surface area contributed by atoms with Gasteiger partial charge in [-0.2, -0.15) is 0 Å². The van der Waals surface area contributed by atoms with Crippen LogP contribution in [-0.4, -0.2) is 70.8 Å². The standard InChI is InChI=1S/C25H34N2O4/c1-19(15-20-11-8-7-9-12-20)18-27(14-10-13-26(2)3)25(28)21-16-22(29-4)24(31-6)23(17-21)30-5/h7-9,11-12,15-17H,10,13-14,18H2,1-6H3. The van der Waals surface area contributed by atoms with Crippen molar-refractivity contribution in [1.82, 2.24) is 9.80 Å². The Labute approximate surface area is 186 Å². The Kier molecular flexibility index (Phi) is 9.40. The van der Waals surface area contributed by atoms with Gasteiger partial charge in [-0.25, -0.2) is 0 Å². The molecule has 0 bridgehead atoms. The van der Waals surface area contributed by atoms with E-state index < -0.39 is 0 Å². The van der Waals surface area contributed by atoms with E-state index in [1.807, 2.05) is 37.2 Å². The van der Waals surface area contributed by atoms with Crippen LogP contribution in [0.1, 0.15) is 29.3 Å².